The number of carbonyl (C=O) groups excluding carboxylic acids is 2. The van der Waals surface area contributed by atoms with Crippen molar-refractivity contribution in [1.29, 1.82) is 0 Å². The van der Waals surface area contributed by atoms with Crippen molar-refractivity contribution in [1.82, 2.24) is 9.80 Å². The van der Waals surface area contributed by atoms with Crippen LogP contribution in [-0.4, -0.2) is 58.6 Å². The van der Waals surface area contributed by atoms with Gasteiger partial charge in [-0.2, -0.15) is 0 Å². The van der Waals surface area contributed by atoms with Gasteiger partial charge in [-0.05, 0) is 67.9 Å². The summed E-state index contributed by atoms with van der Waals surface area (Å²) >= 11 is 0. The van der Waals surface area contributed by atoms with Gasteiger partial charge in [0.2, 0.25) is 0 Å². The van der Waals surface area contributed by atoms with Crippen LogP contribution >= 0.6 is 0 Å². The summed E-state index contributed by atoms with van der Waals surface area (Å²) in [5.74, 6) is -0.340. The van der Waals surface area contributed by atoms with E-state index in [4.69, 9.17) is 0 Å². The van der Waals surface area contributed by atoms with Crippen LogP contribution in [0.4, 0.5) is 4.39 Å². The molecule has 3 atom stereocenters. The maximum absolute atomic E-state index is 13.5. The minimum Gasteiger partial charge on any atom is -0.369 e. The summed E-state index contributed by atoms with van der Waals surface area (Å²) in [6, 6.07) is -0.136. The minimum absolute atomic E-state index is 0.0158. The topological polar surface area (TPSA) is 60.9 Å². The number of allylic oxidation sites excluding steroid dienone is 7. The monoisotopic (exact) mass is 452 g/mol. The van der Waals surface area contributed by atoms with Crippen molar-refractivity contribution < 1.29 is 19.1 Å². The smallest absolute Gasteiger partial charge is 0.255 e. The molecule has 4 aliphatic rings. The van der Waals surface area contributed by atoms with Crippen molar-refractivity contribution in [2.45, 2.75) is 70.3 Å². The second-order valence-electron chi connectivity index (χ2n) is 9.20. The summed E-state index contributed by atoms with van der Waals surface area (Å²) in [6.45, 7) is 2.13. The maximum atomic E-state index is 13.5. The fraction of sp³-hybridized carbons (Fsp3) is 0.481. The fourth-order valence-corrected chi connectivity index (χ4v) is 4.95. The molecule has 3 aliphatic carbocycles. The third kappa shape index (κ3) is 4.96. The molecule has 0 bridgehead atoms. The van der Waals surface area contributed by atoms with Crippen molar-refractivity contribution >= 4 is 11.7 Å². The molecule has 4 rings (SSSR count). The third-order valence-corrected chi connectivity index (χ3v) is 7.09. The van der Waals surface area contributed by atoms with Crippen LogP contribution in [0.15, 0.2) is 70.5 Å². The van der Waals surface area contributed by atoms with E-state index in [1.165, 1.54) is 11.6 Å². The number of likely N-dealkylation sites (N-methyl/N-ethyl adjacent to an activating group) is 1. The van der Waals surface area contributed by atoms with E-state index in [0.29, 0.717) is 12.1 Å². The van der Waals surface area contributed by atoms with Crippen molar-refractivity contribution in [2.24, 2.45) is 0 Å². The number of nitrogens with zero attached hydrogens (tertiary/aromatic N) is 2. The standard InChI is InChI=1S/C27H33FN2O3/c1-3-18-8-10-19(11-9-18)25(31)17-30-24-7-5-4-6-20(24)16-23(27(30)33)26(32)29(2)22-14-12-21(28)13-15-22/h6,8,10,12,14-16,21,24,26,32H,3-5,7,9,11,13,17H2,1-2H3. The molecule has 0 radical (unpaired) electrons. The highest BCUT2D eigenvalue weighted by atomic mass is 19.1. The van der Waals surface area contributed by atoms with Crippen molar-refractivity contribution in [3.05, 3.63) is 70.5 Å². The SMILES string of the molecule is CCC1=CC=C(C(=O)CN2C(=O)C(C(O)N(C)C3=CCC(F)C=C3)=CC3=CCCCC32)CC1. The Morgan fingerprint density at radius 2 is 2.12 bits per heavy atom. The van der Waals surface area contributed by atoms with Gasteiger partial charge in [0, 0.05) is 19.2 Å². The van der Waals surface area contributed by atoms with E-state index in [9.17, 15) is 19.1 Å². The molecule has 1 heterocycles. The largest absolute Gasteiger partial charge is 0.369 e. The second kappa shape index (κ2) is 10.0. The molecule has 0 aromatic heterocycles. The number of aliphatic hydroxyl groups is 1. The van der Waals surface area contributed by atoms with E-state index in [-0.39, 0.29) is 36.3 Å². The summed E-state index contributed by atoms with van der Waals surface area (Å²) in [4.78, 5) is 29.9. The van der Waals surface area contributed by atoms with Gasteiger partial charge < -0.3 is 14.9 Å². The highest BCUT2D eigenvalue weighted by molar-refractivity contribution is 6.03. The van der Waals surface area contributed by atoms with Crippen LogP contribution in [0.25, 0.3) is 0 Å². The third-order valence-electron chi connectivity index (χ3n) is 7.09. The molecule has 33 heavy (non-hydrogen) atoms. The molecule has 3 unspecified atom stereocenters. The average Bonchev–Trinajstić information content (AvgIpc) is 2.85. The number of hydrogen-bond donors (Lipinski definition) is 1. The number of Topliss-reactive ketones (excluding diaryl/α,β-unsaturated/α-hetero) is 1. The van der Waals surface area contributed by atoms with E-state index in [0.717, 1.165) is 43.3 Å². The van der Waals surface area contributed by atoms with E-state index in [1.807, 2.05) is 12.2 Å². The Balaban J connectivity index is 1.56. The van der Waals surface area contributed by atoms with Crippen molar-refractivity contribution in [3.63, 3.8) is 0 Å². The van der Waals surface area contributed by atoms with Crippen LogP contribution in [0, 0.1) is 0 Å². The van der Waals surface area contributed by atoms with Gasteiger partial charge in [0.25, 0.3) is 5.91 Å². The number of carbonyl (C=O) groups is 2. The number of fused-ring (bicyclic) bond motifs is 1. The zero-order chi connectivity index (χ0) is 23.5. The van der Waals surface area contributed by atoms with E-state index < -0.39 is 12.4 Å². The number of alkyl halides is 1. The fourth-order valence-electron chi connectivity index (χ4n) is 4.95. The molecule has 1 aliphatic heterocycles. The molecule has 176 valence electrons. The summed E-state index contributed by atoms with van der Waals surface area (Å²) in [5, 5.41) is 11.1. The molecular weight excluding hydrogens is 419 g/mol. The summed E-state index contributed by atoms with van der Waals surface area (Å²) in [5.41, 5.74) is 3.99. The lowest BCUT2D eigenvalue weighted by Gasteiger charge is -2.41. The van der Waals surface area contributed by atoms with Crippen molar-refractivity contribution in [3.8, 4) is 0 Å². The van der Waals surface area contributed by atoms with Crippen LogP contribution in [0.3, 0.4) is 0 Å². The highest BCUT2D eigenvalue weighted by Gasteiger charge is 2.39. The molecule has 0 saturated carbocycles. The number of ketones is 1. The summed E-state index contributed by atoms with van der Waals surface area (Å²) < 4.78 is 13.5. The van der Waals surface area contributed by atoms with Crippen LogP contribution in [0.5, 0.6) is 0 Å². The van der Waals surface area contributed by atoms with Gasteiger partial charge >= 0.3 is 0 Å². The number of hydrogen-bond acceptors (Lipinski definition) is 4. The predicted molar refractivity (Wildman–Crippen MR) is 127 cm³/mol. The molecule has 0 fully saturated rings. The second-order valence-corrected chi connectivity index (χ2v) is 9.20. The van der Waals surface area contributed by atoms with Gasteiger partial charge in [0.05, 0.1) is 18.2 Å². The highest BCUT2D eigenvalue weighted by Crippen LogP contribution is 2.33. The van der Waals surface area contributed by atoms with Crippen LogP contribution in [0.1, 0.15) is 51.9 Å². The van der Waals surface area contributed by atoms with Gasteiger partial charge in [-0.1, -0.05) is 36.8 Å². The summed E-state index contributed by atoms with van der Waals surface area (Å²) in [7, 11) is 1.69. The molecular formula is C27H33FN2O3. The van der Waals surface area contributed by atoms with Crippen LogP contribution in [-0.2, 0) is 9.59 Å². The lowest BCUT2D eigenvalue weighted by Crippen LogP contribution is -2.51. The molecule has 5 nitrogen and oxygen atoms in total. The molecule has 0 saturated heterocycles. The Bertz CT molecular complexity index is 1000. The lowest BCUT2D eigenvalue weighted by molar-refractivity contribution is -0.135. The zero-order valence-corrected chi connectivity index (χ0v) is 19.5. The average molecular weight is 453 g/mol. The molecule has 0 aromatic carbocycles. The Hall–Kier alpha value is -2.73. The zero-order valence-electron chi connectivity index (χ0n) is 19.5. The van der Waals surface area contributed by atoms with Gasteiger partial charge in [-0.25, -0.2) is 4.39 Å². The van der Waals surface area contributed by atoms with E-state index in [2.05, 4.69) is 13.0 Å². The van der Waals surface area contributed by atoms with Crippen LogP contribution < -0.4 is 0 Å². The van der Waals surface area contributed by atoms with E-state index >= 15 is 0 Å². The molecule has 0 aromatic rings. The Morgan fingerprint density at radius 3 is 2.79 bits per heavy atom. The Labute approximate surface area is 195 Å². The number of amides is 1. The first-order valence-electron chi connectivity index (χ1n) is 12.0. The first kappa shape index (κ1) is 23.4. The van der Waals surface area contributed by atoms with Gasteiger partial charge in [-0.15, -0.1) is 0 Å². The Kier molecular flexibility index (Phi) is 7.13. The predicted octanol–water partition coefficient (Wildman–Crippen LogP) is 4.29. The van der Waals surface area contributed by atoms with Crippen molar-refractivity contribution in [2.75, 3.05) is 13.6 Å². The van der Waals surface area contributed by atoms with Gasteiger partial charge in [0.1, 0.15) is 6.17 Å². The number of rotatable bonds is 7. The molecule has 1 N–H and O–H groups in total. The molecule has 1 amide bonds. The minimum atomic E-state index is -1.19. The van der Waals surface area contributed by atoms with Gasteiger partial charge in [-0.3, -0.25) is 9.59 Å². The van der Waals surface area contributed by atoms with Gasteiger partial charge in [0.15, 0.2) is 12.0 Å². The molecule has 0 spiro atoms. The number of halogens is 1. The number of aliphatic hydroxyl groups excluding tert-OH is 1. The maximum Gasteiger partial charge on any atom is 0.255 e. The lowest BCUT2D eigenvalue weighted by atomic mass is 9.86. The quantitative estimate of drug-likeness (QED) is 0.586. The van der Waals surface area contributed by atoms with E-state index in [1.54, 1.807) is 35.1 Å². The molecule has 6 heteroatoms. The first-order chi connectivity index (χ1) is 15.9. The summed E-state index contributed by atoms with van der Waals surface area (Å²) in [6.07, 6.45) is 15.9. The van der Waals surface area contributed by atoms with Crippen LogP contribution in [0.2, 0.25) is 0 Å². The first-order valence-corrected chi connectivity index (χ1v) is 12.0. The Morgan fingerprint density at radius 1 is 1.30 bits per heavy atom. The normalized spacial score (nSPS) is 25.9.